The largest absolute Gasteiger partial charge is 0.486 e. The van der Waals surface area contributed by atoms with Gasteiger partial charge < -0.3 is 14.4 Å². The molecule has 0 saturated carbocycles. The highest BCUT2D eigenvalue weighted by atomic mass is 35.5. The van der Waals surface area contributed by atoms with Crippen LogP contribution in [-0.2, 0) is 4.74 Å². The van der Waals surface area contributed by atoms with Gasteiger partial charge in [-0.2, -0.15) is 5.10 Å². The molecule has 9 heteroatoms. The fraction of sp³-hybridized carbons (Fsp3) is 0.320. The van der Waals surface area contributed by atoms with Crippen molar-refractivity contribution in [2.45, 2.75) is 32.5 Å². The Balaban J connectivity index is 1.39. The number of nitrogens with zero attached hydrogens (tertiary/aromatic N) is 4. The summed E-state index contributed by atoms with van der Waals surface area (Å²) in [7, 11) is 1.75. The van der Waals surface area contributed by atoms with Crippen LogP contribution in [-0.4, -0.2) is 46.0 Å². The molecule has 1 aromatic carbocycles. The number of fused-ring (bicyclic) bond motifs is 1. The van der Waals surface area contributed by atoms with Gasteiger partial charge in [0.1, 0.15) is 23.4 Å². The summed E-state index contributed by atoms with van der Waals surface area (Å²) >= 11 is 12.8. The fourth-order valence-electron chi connectivity index (χ4n) is 4.27. The maximum absolute atomic E-state index is 6.46. The monoisotopic (exact) mass is 497 g/mol. The zero-order valence-corrected chi connectivity index (χ0v) is 20.9. The first-order chi connectivity index (χ1) is 16.3. The molecule has 3 aromatic heterocycles. The first-order valence-electron chi connectivity index (χ1n) is 11.0. The number of hydrogen-bond acceptors (Lipinski definition) is 6. The van der Waals surface area contributed by atoms with E-state index < -0.39 is 0 Å². The molecule has 4 aromatic rings. The van der Waals surface area contributed by atoms with Gasteiger partial charge in [0.15, 0.2) is 0 Å². The Labute approximate surface area is 208 Å². The van der Waals surface area contributed by atoms with E-state index in [9.17, 15) is 0 Å². The van der Waals surface area contributed by atoms with Crippen LogP contribution < -0.4 is 9.64 Å². The number of H-pyrrole nitrogens is 1. The van der Waals surface area contributed by atoms with Gasteiger partial charge in [-0.3, -0.25) is 10.1 Å². The number of aromatic nitrogens is 4. The van der Waals surface area contributed by atoms with E-state index in [-0.39, 0.29) is 11.7 Å². The predicted molar refractivity (Wildman–Crippen MR) is 135 cm³/mol. The number of aryl methyl sites for hydroxylation is 1. The Morgan fingerprint density at radius 2 is 1.91 bits per heavy atom. The molecule has 176 valence electrons. The number of hydrogen-bond donors (Lipinski definition) is 1. The molecule has 0 aliphatic carbocycles. The van der Waals surface area contributed by atoms with Crippen LogP contribution in [0.15, 0.2) is 42.7 Å². The van der Waals surface area contributed by atoms with Crippen molar-refractivity contribution in [2.24, 2.45) is 0 Å². The third-order valence-electron chi connectivity index (χ3n) is 6.33. The Hall–Kier alpha value is -2.87. The van der Waals surface area contributed by atoms with Gasteiger partial charge in [0.05, 0.1) is 26.9 Å². The van der Waals surface area contributed by atoms with E-state index in [1.165, 1.54) is 0 Å². The third kappa shape index (κ3) is 4.08. The zero-order valence-electron chi connectivity index (χ0n) is 19.4. The van der Waals surface area contributed by atoms with Crippen molar-refractivity contribution < 1.29 is 9.47 Å². The molecule has 5 rings (SSSR count). The average Bonchev–Trinajstić information content (AvgIpc) is 3.23. The highest BCUT2D eigenvalue weighted by molar-refractivity contribution is 6.36. The lowest BCUT2D eigenvalue weighted by atomic mass is 9.96. The van der Waals surface area contributed by atoms with Crippen molar-refractivity contribution >= 4 is 39.9 Å². The normalized spacial score (nSPS) is 15.9. The summed E-state index contributed by atoms with van der Waals surface area (Å²) < 4.78 is 11.7. The Morgan fingerprint density at radius 3 is 2.62 bits per heavy atom. The number of benzene rings is 1. The van der Waals surface area contributed by atoms with E-state index in [2.05, 4.69) is 32.0 Å². The molecule has 0 radical (unpaired) electrons. The van der Waals surface area contributed by atoms with E-state index in [0.29, 0.717) is 21.5 Å². The summed E-state index contributed by atoms with van der Waals surface area (Å²) in [5.74, 6) is 1.62. The van der Waals surface area contributed by atoms with E-state index in [4.69, 9.17) is 32.7 Å². The lowest BCUT2D eigenvalue weighted by molar-refractivity contribution is -0.0171. The smallest absolute Gasteiger partial charge is 0.128 e. The first-order valence-corrected chi connectivity index (χ1v) is 11.8. The third-order valence-corrected chi connectivity index (χ3v) is 7.10. The van der Waals surface area contributed by atoms with Crippen molar-refractivity contribution in [3.8, 4) is 17.0 Å². The summed E-state index contributed by atoms with van der Waals surface area (Å²) in [6, 6.07) is 9.87. The second-order valence-corrected chi connectivity index (χ2v) is 9.66. The summed E-state index contributed by atoms with van der Waals surface area (Å²) in [5.41, 5.74) is 3.98. The maximum atomic E-state index is 6.46. The minimum absolute atomic E-state index is 0.101. The topological polar surface area (TPSA) is 76.2 Å². The molecule has 7 nitrogen and oxygen atoms in total. The molecule has 0 spiro atoms. The van der Waals surface area contributed by atoms with Crippen molar-refractivity contribution in [1.82, 2.24) is 20.2 Å². The molecule has 1 aliphatic rings. The second-order valence-electron chi connectivity index (χ2n) is 8.87. The number of halogens is 2. The van der Waals surface area contributed by atoms with Gasteiger partial charge in [-0.25, -0.2) is 4.98 Å². The summed E-state index contributed by atoms with van der Waals surface area (Å²) in [6.45, 7) is 7.51. The van der Waals surface area contributed by atoms with Crippen LogP contribution in [0.25, 0.3) is 22.2 Å². The number of rotatable bonds is 6. The lowest BCUT2D eigenvalue weighted by Gasteiger charge is -2.47. The van der Waals surface area contributed by atoms with Crippen molar-refractivity contribution in [3.63, 3.8) is 0 Å². The molecular weight excluding hydrogens is 473 g/mol. The first kappa shape index (κ1) is 22.9. The highest BCUT2D eigenvalue weighted by Gasteiger charge is 2.39. The number of ether oxygens (including phenoxy) is 2. The van der Waals surface area contributed by atoms with Crippen molar-refractivity contribution in [1.29, 1.82) is 0 Å². The lowest BCUT2D eigenvalue weighted by Crippen LogP contribution is -2.61. The number of nitrogens with one attached hydrogen (secondary N) is 1. The number of aromatic amines is 1. The Kier molecular flexibility index (Phi) is 5.88. The molecule has 1 fully saturated rings. The number of anilines is 1. The second kappa shape index (κ2) is 8.73. The molecule has 4 heterocycles. The number of methoxy groups -OCH3 is 1. The molecule has 1 aliphatic heterocycles. The van der Waals surface area contributed by atoms with Gasteiger partial charge in [-0.1, -0.05) is 23.2 Å². The molecular formula is C25H25Cl2N5O2. The van der Waals surface area contributed by atoms with Gasteiger partial charge >= 0.3 is 0 Å². The van der Waals surface area contributed by atoms with E-state index in [0.717, 1.165) is 46.6 Å². The standard InChI is InChI=1S/C25H25Cl2N5O2/c1-14-23(27)22(19(26)11-28-14)15(2)34-17-6-7-20-18(9-17)24(31-30-20)16-5-8-21(29-10-16)32-12-25(3,13-32)33-4/h5-11,15H,12-13H2,1-4H3,(H,30,31). The predicted octanol–water partition coefficient (Wildman–Crippen LogP) is 6.00. The van der Waals surface area contributed by atoms with E-state index >= 15 is 0 Å². The summed E-state index contributed by atoms with van der Waals surface area (Å²) in [4.78, 5) is 11.0. The Bertz CT molecular complexity index is 1350. The van der Waals surface area contributed by atoms with Gasteiger partial charge in [0.2, 0.25) is 0 Å². The molecule has 1 atom stereocenters. The van der Waals surface area contributed by atoms with Gasteiger partial charge in [0, 0.05) is 49.1 Å². The van der Waals surface area contributed by atoms with Crippen LogP contribution in [0.5, 0.6) is 5.75 Å². The molecule has 0 bridgehead atoms. The quantitative estimate of drug-likeness (QED) is 0.352. The van der Waals surface area contributed by atoms with Gasteiger partial charge in [-0.15, -0.1) is 0 Å². The van der Waals surface area contributed by atoms with E-state index in [1.807, 2.05) is 50.4 Å². The minimum atomic E-state index is -0.357. The highest BCUT2D eigenvalue weighted by Crippen LogP contribution is 2.36. The average molecular weight is 498 g/mol. The molecule has 1 N–H and O–H groups in total. The Morgan fingerprint density at radius 1 is 1.12 bits per heavy atom. The number of pyridine rings is 2. The van der Waals surface area contributed by atoms with Crippen LogP contribution in [0.3, 0.4) is 0 Å². The van der Waals surface area contributed by atoms with Gasteiger partial charge in [-0.05, 0) is 51.1 Å². The van der Waals surface area contributed by atoms with Crippen LogP contribution in [0, 0.1) is 6.92 Å². The summed E-state index contributed by atoms with van der Waals surface area (Å²) in [5, 5.41) is 9.56. The van der Waals surface area contributed by atoms with E-state index in [1.54, 1.807) is 13.3 Å². The van der Waals surface area contributed by atoms with Crippen molar-refractivity contribution in [3.05, 3.63) is 64.0 Å². The van der Waals surface area contributed by atoms with Crippen LogP contribution in [0.4, 0.5) is 5.82 Å². The minimum Gasteiger partial charge on any atom is -0.486 e. The summed E-state index contributed by atoms with van der Waals surface area (Å²) in [6.07, 6.45) is 3.09. The van der Waals surface area contributed by atoms with Gasteiger partial charge in [0.25, 0.3) is 0 Å². The fourth-order valence-corrected chi connectivity index (χ4v) is 4.92. The molecule has 34 heavy (non-hydrogen) atoms. The zero-order chi connectivity index (χ0) is 24.0. The molecule has 1 saturated heterocycles. The molecule has 1 unspecified atom stereocenters. The van der Waals surface area contributed by atoms with Crippen LogP contribution >= 0.6 is 23.2 Å². The maximum Gasteiger partial charge on any atom is 0.128 e. The van der Waals surface area contributed by atoms with Crippen LogP contribution in [0.1, 0.15) is 31.2 Å². The van der Waals surface area contributed by atoms with Crippen molar-refractivity contribution in [2.75, 3.05) is 25.1 Å². The molecule has 0 amide bonds. The SMILES string of the molecule is COC1(C)CN(c2ccc(-c3n[nH]c4ccc(OC(C)c5c(Cl)cnc(C)c5Cl)cc34)cn2)C1. The van der Waals surface area contributed by atoms with Crippen LogP contribution in [0.2, 0.25) is 10.0 Å².